The predicted molar refractivity (Wildman–Crippen MR) is 94.5 cm³/mol. The largest absolute Gasteiger partial charge is 0.370 e. The third-order valence-corrected chi connectivity index (χ3v) is 6.95. The number of nitrogens with one attached hydrogen (secondary N) is 1. The van der Waals surface area contributed by atoms with Crippen molar-refractivity contribution in [2.75, 3.05) is 29.1 Å². The summed E-state index contributed by atoms with van der Waals surface area (Å²) < 4.78 is 0. The summed E-state index contributed by atoms with van der Waals surface area (Å²) in [6, 6.07) is 2.20. The standard InChI is InChI=1S/C16H25N3S2/c1-2-7-17-15-10-13(12-5-3-4-6-12)18-16(19-15)14-11-20-8-9-21-14/h10,12,14H,2-9,11H2,1H3,(H,17,18,19). The van der Waals surface area contributed by atoms with Crippen LogP contribution in [-0.4, -0.2) is 33.8 Å². The van der Waals surface area contributed by atoms with Crippen LogP contribution >= 0.6 is 23.5 Å². The minimum Gasteiger partial charge on any atom is -0.370 e. The van der Waals surface area contributed by atoms with Gasteiger partial charge in [-0.05, 0) is 19.3 Å². The van der Waals surface area contributed by atoms with Gasteiger partial charge in [0.1, 0.15) is 11.6 Å². The lowest BCUT2D eigenvalue weighted by Gasteiger charge is -2.21. The Morgan fingerprint density at radius 3 is 2.81 bits per heavy atom. The van der Waals surface area contributed by atoms with Gasteiger partial charge in [-0.1, -0.05) is 19.8 Å². The third-order valence-electron chi connectivity index (χ3n) is 4.20. The molecule has 1 N–H and O–H groups in total. The van der Waals surface area contributed by atoms with Crippen molar-refractivity contribution < 1.29 is 0 Å². The molecule has 2 aliphatic rings. The van der Waals surface area contributed by atoms with Crippen molar-refractivity contribution in [2.45, 2.75) is 50.2 Å². The van der Waals surface area contributed by atoms with Crippen LogP contribution in [0.4, 0.5) is 5.82 Å². The fraction of sp³-hybridized carbons (Fsp3) is 0.750. The van der Waals surface area contributed by atoms with Crippen LogP contribution in [0, 0.1) is 0 Å². The Balaban J connectivity index is 1.84. The second-order valence-electron chi connectivity index (χ2n) is 5.88. The van der Waals surface area contributed by atoms with E-state index in [2.05, 4.69) is 18.3 Å². The molecule has 0 radical (unpaired) electrons. The van der Waals surface area contributed by atoms with Crippen LogP contribution < -0.4 is 5.32 Å². The molecule has 3 nitrogen and oxygen atoms in total. The lowest BCUT2D eigenvalue weighted by Crippen LogP contribution is -2.14. The minimum absolute atomic E-state index is 0.479. The molecule has 1 atom stereocenters. The molecule has 1 unspecified atom stereocenters. The van der Waals surface area contributed by atoms with Crippen LogP contribution in [0.25, 0.3) is 0 Å². The van der Waals surface area contributed by atoms with E-state index in [1.807, 2.05) is 23.5 Å². The van der Waals surface area contributed by atoms with Gasteiger partial charge in [-0.2, -0.15) is 11.8 Å². The zero-order valence-corrected chi connectivity index (χ0v) is 14.4. The quantitative estimate of drug-likeness (QED) is 0.865. The summed E-state index contributed by atoms with van der Waals surface area (Å²) in [5, 5.41) is 3.95. The molecule has 1 saturated heterocycles. The highest BCUT2D eigenvalue weighted by Crippen LogP contribution is 2.38. The number of anilines is 1. The maximum atomic E-state index is 4.96. The Bertz CT molecular complexity index is 455. The number of aromatic nitrogens is 2. The zero-order valence-electron chi connectivity index (χ0n) is 12.8. The van der Waals surface area contributed by atoms with Crippen LogP contribution in [-0.2, 0) is 0 Å². The topological polar surface area (TPSA) is 37.8 Å². The van der Waals surface area contributed by atoms with Crippen molar-refractivity contribution in [2.24, 2.45) is 0 Å². The van der Waals surface area contributed by atoms with Crippen molar-refractivity contribution in [3.8, 4) is 0 Å². The average molecular weight is 324 g/mol. The van der Waals surface area contributed by atoms with E-state index in [0.29, 0.717) is 11.2 Å². The fourth-order valence-electron chi connectivity index (χ4n) is 3.04. The molecule has 0 aromatic carbocycles. The summed E-state index contributed by atoms with van der Waals surface area (Å²) in [6.07, 6.45) is 6.45. The maximum absolute atomic E-state index is 4.96. The smallest absolute Gasteiger partial charge is 0.144 e. The van der Waals surface area contributed by atoms with Gasteiger partial charge >= 0.3 is 0 Å². The van der Waals surface area contributed by atoms with E-state index in [0.717, 1.165) is 30.4 Å². The minimum atomic E-state index is 0.479. The summed E-state index contributed by atoms with van der Waals surface area (Å²) in [7, 11) is 0. The second kappa shape index (κ2) is 7.73. The van der Waals surface area contributed by atoms with Crippen LogP contribution in [0.5, 0.6) is 0 Å². The first kappa shape index (κ1) is 15.5. The molecule has 116 valence electrons. The lowest BCUT2D eigenvalue weighted by atomic mass is 10.0. The number of hydrogen-bond donors (Lipinski definition) is 1. The fourth-order valence-corrected chi connectivity index (χ4v) is 5.64. The summed E-state index contributed by atoms with van der Waals surface area (Å²) in [4.78, 5) is 9.77. The lowest BCUT2D eigenvalue weighted by molar-refractivity contribution is 0.684. The molecule has 21 heavy (non-hydrogen) atoms. The highest BCUT2D eigenvalue weighted by atomic mass is 32.2. The molecule has 1 aromatic heterocycles. The summed E-state index contributed by atoms with van der Waals surface area (Å²) >= 11 is 4.06. The number of thioether (sulfide) groups is 2. The van der Waals surface area contributed by atoms with E-state index in [1.165, 1.54) is 42.9 Å². The van der Waals surface area contributed by atoms with E-state index >= 15 is 0 Å². The molecule has 2 heterocycles. The van der Waals surface area contributed by atoms with Crippen LogP contribution in [0.2, 0.25) is 0 Å². The van der Waals surface area contributed by atoms with Gasteiger partial charge in [-0.15, -0.1) is 11.8 Å². The Kier molecular flexibility index (Phi) is 5.69. The van der Waals surface area contributed by atoms with E-state index < -0.39 is 0 Å². The predicted octanol–water partition coefficient (Wildman–Crippen LogP) is 4.48. The monoisotopic (exact) mass is 323 g/mol. The Labute approximate surface area is 136 Å². The molecule has 1 aromatic rings. The molecule has 1 aliphatic heterocycles. The Hall–Kier alpha value is -0.420. The number of rotatable bonds is 5. The molecular weight excluding hydrogens is 298 g/mol. The van der Waals surface area contributed by atoms with E-state index in [1.54, 1.807) is 0 Å². The van der Waals surface area contributed by atoms with Gasteiger partial charge < -0.3 is 5.32 Å². The van der Waals surface area contributed by atoms with Crippen molar-refractivity contribution in [3.63, 3.8) is 0 Å². The summed E-state index contributed by atoms with van der Waals surface area (Å²) in [6.45, 7) is 3.19. The first-order valence-electron chi connectivity index (χ1n) is 8.19. The van der Waals surface area contributed by atoms with Crippen LogP contribution in [0.15, 0.2) is 6.07 Å². The Morgan fingerprint density at radius 2 is 2.10 bits per heavy atom. The van der Waals surface area contributed by atoms with Gasteiger partial charge in [0.2, 0.25) is 0 Å². The molecule has 0 spiro atoms. The Morgan fingerprint density at radius 1 is 1.24 bits per heavy atom. The maximum Gasteiger partial charge on any atom is 0.144 e. The van der Waals surface area contributed by atoms with E-state index in [4.69, 9.17) is 9.97 Å². The van der Waals surface area contributed by atoms with Crippen LogP contribution in [0.1, 0.15) is 61.7 Å². The second-order valence-corrected chi connectivity index (χ2v) is 8.34. The SMILES string of the molecule is CCCNc1cc(C2CCCC2)nc(C2CSCCS2)n1. The van der Waals surface area contributed by atoms with Gasteiger partial charge in [-0.25, -0.2) is 9.97 Å². The summed E-state index contributed by atoms with van der Waals surface area (Å²) in [5.41, 5.74) is 1.28. The van der Waals surface area contributed by atoms with Crippen molar-refractivity contribution in [3.05, 3.63) is 17.6 Å². The van der Waals surface area contributed by atoms with Gasteiger partial charge in [0.25, 0.3) is 0 Å². The van der Waals surface area contributed by atoms with E-state index in [9.17, 15) is 0 Å². The zero-order chi connectivity index (χ0) is 14.5. The number of hydrogen-bond acceptors (Lipinski definition) is 5. The highest BCUT2D eigenvalue weighted by Gasteiger charge is 2.24. The van der Waals surface area contributed by atoms with Crippen molar-refractivity contribution in [1.82, 2.24) is 9.97 Å². The average Bonchev–Trinajstić information content (AvgIpc) is 3.08. The first-order chi connectivity index (χ1) is 10.4. The molecule has 2 fully saturated rings. The van der Waals surface area contributed by atoms with E-state index in [-0.39, 0.29) is 0 Å². The molecule has 1 aliphatic carbocycles. The molecule has 3 rings (SSSR count). The highest BCUT2D eigenvalue weighted by molar-refractivity contribution is 8.06. The first-order valence-corrected chi connectivity index (χ1v) is 10.4. The van der Waals surface area contributed by atoms with Gasteiger partial charge in [0.15, 0.2) is 0 Å². The molecular formula is C16H25N3S2. The van der Waals surface area contributed by atoms with Crippen molar-refractivity contribution >= 4 is 29.3 Å². The molecule has 1 saturated carbocycles. The third kappa shape index (κ3) is 4.07. The van der Waals surface area contributed by atoms with Crippen LogP contribution in [0.3, 0.4) is 0 Å². The van der Waals surface area contributed by atoms with Gasteiger partial charge in [0, 0.05) is 41.5 Å². The molecule has 0 bridgehead atoms. The van der Waals surface area contributed by atoms with Crippen molar-refractivity contribution in [1.29, 1.82) is 0 Å². The molecule has 5 heteroatoms. The normalized spacial score (nSPS) is 23.4. The van der Waals surface area contributed by atoms with Gasteiger partial charge in [0.05, 0.1) is 5.25 Å². The number of nitrogens with zero attached hydrogens (tertiary/aromatic N) is 2. The van der Waals surface area contributed by atoms with Gasteiger partial charge in [-0.3, -0.25) is 0 Å². The summed E-state index contributed by atoms with van der Waals surface area (Å²) in [5.74, 6) is 6.42. The molecule has 0 amide bonds.